The number of aromatic amines is 1. The minimum Gasteiger partial charge on any atom is -0.476 e. The second-order valence-corrected chi connectivity index (χ2v) is 2.77. The van der Waals surface area contributed by atoms with Crippen LogP contribution in [0.25, 0.3) is 0 Å². The Morgan fingerprint density at radius 1 is 1.69 bits per heavy atom. The molecule has 0 aromatic carbocycles. The van der Waals surface area contributed by atoms with Crippen LogP contribution in [0.2, 0.25) is 0 Å². The maximum Gasteiger partial charge on any atom is 0.356 e. The topological polar surface area (TPSA) is 69.2 Å². The van der Waals surface area contributed by atoms with E-state index in [1.165, 1.54) is 6.33 Å². The van der Waals surface area contributed by atoms with Gasteiger partial charge >= 0.3 is 5.97 Å². The van der Waals surface area contributed by atoms with Gasteiger partial charge in [0.15, 0.2) is 5.69 Å². The molecule has 2 N–H and O–H groups in total. The summed E-state index contributed by atoms with van der Waals surface area (Å²) in [5.41, 5.74) is 0.733. The Morgan fingerprint density at radius 3 is 2.77 bits per heavy atom. The highest BCUT2D eigenvalue weighted by atomic mass is 35.5. The third-order valence-corrected chi connectivity index (χ3v) is 1.40. The van der Waals surface area contributed by atoms with E-state index in [4.69, 9.17) is 5.11 Å². The van der Waals surface area contributed by atoms with Gasteiger partial charge in [0.25, 0.3) is 0 Å². The van der Waals surface area contributed by atoms with Gasteiger partial charge in [-0.2, -0.15) is 0 Å². The number of aromatic nitrogens is 2. The number of hydrogen-bond acceptors (Lipinski definition) is 3. The van der Waals surface area contributed by atoms with Crippen LogP contribution >= 0.6 is 12.4 Å². The molecule has 0 aliphatic rings. The molecule has 0 aliphatic carbocycles. The lowest BCUT2D eigenvalue weighted by molar-refractivity contribution is 0.0689. The number of hydrogen-bond donors (Lipinski definition) is 2. The van der Waals surface area contributed by atoms with Crippen molar-refractivity contribution in [2.45, 2.75) is 6.54 Å². The first kappa shape index (κ1) is 11.9. The average molecular weight is 206 g/mol. The fourth-order valence-electron chi connectivity index (χ4n) is 0.942. The summed E-state index contributed by atoms with van der Waals surface area (Å²) in [4.78, 5) is 18.9. The van der Waals surface area contributed by atoms with Crippen LogP contribution in [0.4, 0.5) is 0 Å². The lowest BCUT2D eigenvalue weighted by Crippen LogP contribution is -2.14. The van der Waals surface area contributed by atoms with Crippen molar-refractivity contribution in [1.29, 1.82) is 0 Å². The summed E-state index contributed by atoms with van der Waals surface area (Å²) in [5, 5.41) is 8.67. The molecule has 74 valence electrons. The van der Waals surface area contributed by atoms with Gasteiger partial charge < -0.3 is 15.0 Å². The average Bonchev–Trinajstić information content (AvgIpc) is 2.33. The zero-order valence-corrected chi connectivity index (χ0v) is 8.26. The van der Waals surface area contributed by atoms with Gasteiger partial charge in [-0.25, -0.2) is 9.78 Å². The standard InChI is InChI=1S/C7H11N3O2.ClH/c1-10(2)3-5-6(7(11)12)9-4-8-5;/h4H,3H2,1-2H3,(H,8,9)(H,11,12);1H. The summed E-state index contributed by atoms with van der Waals surface area (Å²) in [6.45, 7) is 0.557. The van der Waals surface area contributed by atoms with Crippen molar-refractivity contribution in [3.8, 4) is 0 Å². The van der Waals surface area contributed by atoms with E-state index < -0.39 is 5.97 Å². The molecule has 0 saturated heterocycles. The first-order valence-electron chi connectivity index (χ1n) is 3.51. The molecule has 5 nitrogen and oxygen atoms in total. The zero-order chi connectivity index (χ0) is 9.14. The number of carboxylic acid groups (broad SMARTS) is 1. The number of carboxylic acids is 1. The van der Waals surface area contributed by atoms with Crippen LogP contribution in [0.5, 0.6) is 0 Å². The molecule has 0 saturated carbocycles. The molecule has 1 aromatic heterocycles. The maximum atomic E-state index is 10.6. The van der Waals surface area contributed by atoms with Crippen molar-refractivity contribution >= 4 is 18.4 Å². The van der Waals surface area contributed by atoms with Crippen LogP contribution in [0.3, 0.4) is 0 Å². The van der Waals surface area contributed by atoms with Gasteiger partial charge in [0.2, 0.25) is 0 Å². The van der Waals surface area contributed by atoms with E-state index >= 15 is 0 Å². The van der Waals surface area contributed by atoms with Gasteiger partial charge in [-0.3, -0.25) is 0 Å². The Bertz CT molecular complexity index is 285. The highest BCUT2D eigenvalue weighted by molar-refractivity contribution is 5.86. The van der Waals surface area contributed by atoms with Crippen molar-refractivity contribution < 1.29 is 9.90 Å². The smallest absolute Gasteiger partial charge is 0.356 e. The van der Waals surface area contributed by atoms with Gasteiger partial charge in [-0.05, 0) is 14.1 Å². The van der Waals surface area contributed by atoms with Gasteiger partial charge in [-0.1, -0.05) is 0 Å². The summed E-state index contributed by atoms with van der Waals surface area (Å²) in [7, 11) is 3.74. The molecule has 1 heterocycles. The molecule has 6 heteroatoms. The molecular formula is C7H12ClN3O2. The number of H-pyrrole nitrogens is 1. The number of nitrogens with zero attached hydrogens (tertiary/aromatic N) is 2. The van der Waals surface area contributed by atoms with Gasteiger partial charge in [0, 0.05) is 6.54 Å². The van der Waals surface area contributed by atoms with Crippen molar-refractivity contribution in [3.63, 3.8) is 0 Å². The molecule has 0 atom stereocenters. The molecule has 0 fully saturated rings. The highest BCUT2D eigenvalue weighted by Crippen LogP contribution is 2.04. The van der Waals surface area contributed by atoms with Gasteiger partial charge in [0.05, 0.1) is 12.0 Å². The van der Waals surface area contributed by atoms with E-state index in [0.29, 0.717) is 12.2 Å². The second-order valence-electron chi connectivity index (χ2n) is 2.77. The summed E-state index contributed by atoms with van der Waals surface area (Å²) in [6.07, 6.45) is 1.39. The van der Waals surface area contributed by atoms with Crippen LogP contribution in [-0.4, -0.2) is 40.0 Å². The van der Waals surface area contributed by atoms with Crippen molar-refractivity contribution in [1.82, 2.24) is 14.9 Å². The lowest BCUT2D eigenvalue weighted by atomic mass is 10.3. The monoisotopic (exact) mass is 205 g/mol. The van der Waals surface area contributed by atoms with Crippen molar-refractivity contribution in [2.75, 3.05) is 14.1 Å². The van der Waals surface area contributed by atoms with Crippen LogP contribution in [0.1, 0.15) is 16.2 Å². The third kappa shape index (κ3) is 3.04. The molecular weight excluding hydrogens is 194 g/mol. The summed E-state index contributed by atoms with van der Waals surface area (Å²) in [6, 6.07) is 0. The van der Waals surface area contributed by atoms with Crippen LogP contribution in [0, 0.1) is 0 Å². The predicted molar refractivity (Wildman–Crippen MR) is 50.2 cm³/mol. The second kappa shape index (κ2) is 4.84. The minimum absolute atomic E-state index is 0. The largest absolute Gasteiger partial charge is 0.476 e. The Kier molecular flexibility index (Phi) is 4.44. The van der Waals surface area contributed by atoms with E-state index in [9.17, 15) is 4.79 Å². The fourth-order valence-corrected chi connectivity index (χ4v) is 0.942. The number of aromatic carboxylic acids is 1. The molecule has 0 spiro atoms. The van der Waals surface area contributed by atoms with Crippen molar-refractivity contribution in [3.05, 3.63) is 17.7 Å². The molecule has 0 bridgehead atoms. The molecule has 13 heavy (non-hydrogen) atoms. The Morgan fingerprint density at radius 2 is 2.31 bits per heavy atom. The maximum absolute atomic E-state index is 10.6. The number of imidazole rings is 1. The third-order valence-electron chi connectivity index (χ3n) is 1.40. The Hall–Kier alpha value is -1.07. The van der Waals surface area contributed by atoms with Crippen LogP contribution in [0.15, 0.2) is 6.33 Å². The Labute approximate surface area is 82.2 Å². The lowest BCUT2D eigenvalue weighted by Gasteiger charge is -2.07. The van der Waals surface area contributed by atoms with Crippen molar-refractivity contribution in [2.24, 2.45) is 0 Å². The number of rotatable bonds is 3. The summed E-state index contributed by atoms with van der Waals surface area (Å²) >= 11 is 0. The molecule has 0 aliphatic heterocycles. The number of halogens is 1. The van der Waals surface area contributed by atoms with Gasteiger partial charge in [0.1, 0.15) is 0 Å². The molecule has 1 rings (SSSR count). The number of nitrogens with one attached hydrogen (secondary N) is 1. The predicted octanol–water partition coefficient (Wildman–Crippen LogP) is 0.591. The van der Waals surface area contributed by atoms with E-state index in [1.807, 2.05) is 19.0 Å². The summed E-state index contributed by atoms with van der Waals surface area (Å²) < 4.78 is 0. The quantitative estimate of drug-likeness (QED) is 0.758. The van der Waals surface area contributed by atoms with E-state index in [2.05, 4.69) is 9.97 Å². The first-order valence-corrected chi connectivity index (χ1v) is 3.51. The van der Waals surface area contributed by atoms with Crippen LogP contribution in [-0.2, 0) is 6.54 Å². The minimum atomic E-state index is -0.992. The van der Waals surface area contributed by atoms with Gasteiger partial charge in [-0.15, -0.1) is 12.4 Å². The SMILES string of the molecule is CN(C)Cc1[nH]cnc1C(=O)O.Cl. The van der Waals surface area contributed by atoms with Crippen LogP contribution < -0.4 is 0 Å². The van der Waals surface area contributed by atoms with E-state index in [-0.39, 0.29) is 18.1 Å². The molecule has 0 unspecified atom stereocenters. The summed E-state index contributed by atoms with van der Waals surface area (Å²) in [5.74, 6) is -0.992. The number of carbonyl (C=O) groups is 1. The first-order chi connectivity index (χ1) is 5.61. The normalized spacial score (nSPS) is 9.77. The molecule has 0 radical (unpaired) electrons. The molecule has 1 aromatic rings. The van der Waals surface area contributed by atoms with E-state index in [1.54, 1.807) is 0 Å². The highest BCUT2D eigenvalue weighted by Gasteiger charge is 2.12. The molecule has 0 amide bonds. The van der Waals surface area contributed by atoms with E-state index in [0.717, 1.165) is 0 Å². The Balaban J connectivity index is 0.00000144. The zero-order valence-electron chi connectivity index (χ0n) is 7.44. The fraction of sp³-hybridized carbons (Fsp3) is 0.429.